The first-order valence-corrected chi connectivity index (χ1v) is 30.4. The van der Waals surface area contributed by atoms with Gasteiger partial charge in [-0.2, -0.15) is 0 Å². The van der Waals surface area contributed by atoms with E-state index >= 15 is 0 Å². The fourth-order valence-electron chi connectivity index (χ4n) is 18.2. The third-order valence-corrected chi connectivity index (χ3v) is 23.2. The second-order valence-corrected chi connectivity index (χ2v) is 28.6. The first-order valence-electron chi connectivity index (χ1n) is 30.4. The quantitative estimate of drug-likeness (QED) is 0.0443. The van der Waals surface area contributed by atoms with Gasteiger partial charge in [0.15, 0.2) is 31.5 Å². The molecule has 6 saturated heterocycles. The second-order valence-electron chi connectivity index (χ2n) is 28.6. The highest BCUT2D eigenvalue weighted by molar-refractivity contribution is 5.41. The molecule has 10 fully saturated rings. The lowest BCUT2D eigenvalue weighted by atomic mass is 9.33. The molecular formula is C58H94O27. The summed E-state index contributed by atoms with van der Waals surface area (Å²) in [6.07, 6.45) is -32.8. The van der Waals surface area contributed by atoms with Gasteiger partial charge in [-0.25, -0.2) is 0 Å². The lowest BCUT2D eigenvalue weighted by Crippen LogP contribution is -2.69. The molecule has 0 amide bonds. The zero-order valence-electron chi connectivity index (χ0n) is 49.2. The molecule has 0 spiro atoms. The van der Waals surface area contributed by atoms with Crippen LogP contribution in [-0.4, -0.2) is 287 Å². The first-order chi connectivity index (χ1) is 40.0. The van der Waals surface area contributed by atoms with E-state index in [0.29, 0.717) is 25.7 Å². The Morgan fingerprint density at radius 1 is 0.482 bits per heavy atom. The van der Waals surface area contributed by atoms with Gasteiger partial charge in [0.25, 0.3) is 0 Å². The molecule has 34 atom stereocenters. The van der Waals surface area contributed by atoms with Crippen LogP contribution in [0, 0.1) is 50.2 Å². The monoisotopic (exact) mass is 1220 g/mol. The van der Waals surface area contributed by atoms with Crippen molar-refractivity contribution in [2.24, 2.45) is 50.2 Å². The van der Waals surface area contributed by atoms with Crippen molar-refractivity contribution in [1.82, 2.24) is 0 Å². The van der Waals surface area contributed by atoms with Gasteiger partial charge in [0.1, 0.15) is 110 Å². The molecule has 6 aliphatic heterocycles. The molecule has 0 radical (unpaired) electrons. The van der Waals surface area contributed by atoms with Crippen LogP contribution in [-0.2, 0) is 52.1 Å². The maximum Gasteiger partial charge on any atom is 0.187 e. The topological polar surface area (TPSA) is 429 Å². The van der Waals surface area contributed by atoms with Crippen LogP contribution in [0.5, 0.6) is 0 Å². The van der Waals surface area contributed by atoms with Gasteiger partial charge < -0.3 is 134 Å². The minimum Gasteiger partial charge on any atom is -0.396 e. The summed E-state index contributed by atoms with van der Waals surface area (Å²) in [5.41, 5.74) is -1.74. The fourth-order valence-corrected chi connectivity index (χ4v) is 18.2. The number of rotatable bonds is 14. The first kappa shape index (κ1) is 65.2. The average molecular weight is 1220 g/mol. The summed E-state index contributed by atoms with van der Waals surface area (Å²) in [5, 5.41) is 173. The van der Waals surface area contributed by atoms with Crippen molar-refractivity contribution in [1.29, 1.82) is 0 Å². The smallest absolute Gasteiger partial charge is 0.187 e. The number of allylic oxidation sites excluding steroid dienone is 1. The summed E-state index contributed by atoms with van der Waals surface area (Å²) in [5.74, 6) is -0.0292. The number of fused-ring (bicyclic) bond motifs is 10. The van der Waals surface area contributed by atoms with Crippen LogP contribution in [0.4, 0.5) is 0 Å². The van der Waals surface area contributed by atoms with Gasteiger partial charge in [0.2, 0.25) is 0 Å². The van der Waals surface area contributed by atoms with E-state index in [1.807, 2.05) is 0 Å². The Balaban J connectivity index is 0.847. The Labute approximate surface area is 493 Å². The van der Waals surface area contributed by atoms with E-state index in [9.17, 15) is 81.7 Å². The molecule has 11 rings (SSSR count). The summed E-state index contributed by atoms with van der Waals surface area (Å²) >= 11 is 0. The molecule has 0 aromatic heterocycles. The minimum atomic E-state index is -1.92. The number of aliphatic hydroxyl groups excluding tert-OH is 16. The van der Waals surface area contributed by atoms with Crippen LogP contribution >= 0.6 is 0 Å². The fraction of sp³-hybridized carbons (Fsp3) is 0.966. The Kier molecular flexibility index (Phi) is 18.1. The normalized spacial score (nSPS) is 56.3. The highest BCUT2D eigenvalue weighted by atomic mass is 16.8. The van der Waals surface area contributed by atoms with E-state index in [0.717, 1.165) is 19.3 Å². The Bertz CT molecular complexity index is 2370. The van der Waals surface area contributed by atoms with Crippen LogP contribution in [0.2, 0.25) is 0 Å². The summed E-state index contributed by atoms with van der Waals surface area (Å²) < 4.78 is 68.4. The van der Waals surface area contributed by atoms with E-state index < -0.39 is 209 Å². The average Bonchev–Trinajstić information content (AvgIpc) is 1.49. The van der Waals surface area contributed by atoms with Crippen molar-refractivity contribution in [3.63, 3.8) is 0 Å². The van der Waals surface area contributed by atoms with Gasteiger partial charge in [0, 0.05) is 5.41 Å². The van der Waals surface area contributed by atoms with Crippen molar-refractivity contribution >= 4 is 0 Å². The van der Waals surface area contributed by atoms with Gasteiger partial charge in [0.05, 0.1) is 69.5 Å². The van der Waals surface area contributed by atoms with Gasteiger partial charge in [-0.3, -0.25) is 0 Å². The van der Waals surface area contributed by atoms with Crippen molar-refractivity contribution in [3.05, 3.63) is 11.6 Å². The highest BCUT2D eigenvalue weighted by Gasteiger charge is 2.80. The summed E-state index contributed by atoms with van der Waals surface area (Å²) in [7, 11) is 0. The Morgan fingerprint density at radius 3 is 1.64 bits per heavy atom. The SMILES string of the molecule is CC1(C)C[C@H](O[C@@H]2O[C@H](CO)[C@@H](O)[C@H](O)[C@H]2O)[C@]2(CO)[C@@H]3O[C@@H]3[C@]3(C)C(=CC[C@@H]4[C@@]5(C)CC[C@H](O[C@@H]6OC[C@H](O[C@@H]7O[C@H](CO)[C@@H](O)[C@H](O)[C@H]7O[C@@H]7OC[C@@H](O)[C@H](O)[C@H]7O)[C@H](O)[C@H]6O[C@@H]6O[C@H](CO)[C@@H](O)[C@H](O)[C@H]6O)C(C)(C)[C@@H]5CC[C@]43C)[C@@H]2C1. The summed E-state index contributed by atoms with van der Waals surface area (Å²) in [4.78, 5) is 0. The molecular weight excluding hydrogens is 1130 g/mol. The van der Waals surface area contributed by atoms with Gasteiger partial charge in [-0.05, 0) is 84.4 Å². The second kappa shape index (κ2) is 23.7. The van der Waals surface area contributed by atoms with Crippen LogP contribution in [0.25, 0.3) is 0 Å². The number of epoxide rings is 1. The summed E-state index contributed by atoms with van der Waals surface area (Å²) in [6, 6.07) is 0. The van der Waals surface area contributed by atoms with E-state index in [2.05, 4.69) is 54.5 Å². The zero-order chi connectivity index (χ0) is 61.6. The largest absolute Gasteiger partial charge is 0.396 e. The van der Waals surface area contributed by atoms with Crippen molar-refractivity contribution in [2.75, 3.05) is 39.6 Å². The Morgan fingerprint density at radius 2 is 1.02 bits per heavy atom. The van der Waals surface area contributed by atoms with Gasteiger partial charge in [-0.15, -0.1) is 0 Å². The number of aliphatic hydroxyl groups is 16. The maximum atomic E-state index is 12.4. The molecule has 11 aliphatic rings. The Hall–Kier alpha value is -1.34. The molecule has 27 heteroatoms. The number of hydrogen-bond donors (Lipinski definition) is 16. The standard InChI is InChI=1S/C58H94O27/c1-53(2)14-23-22-8-9-30-55(5)12-11-31(54(3,4)29(55)10-13-56(30,6)57(22,7)46-47(85-46)58(23,21-62)32(15-53)82-49-42(73)38(69)34(65)25(16-59)77-49)81-51-44(84-50-43(74)39(70)35(66)26(17-60)78-50)37(68)28(20-76-51)80-52-45(40(71)36(67)27(18-61)79-52)83-48-41(72)33(64)24(63)19-75-48/h8,23-52,59-74H,9-21H2,1-7H3/t23-,24+,25+,26+,27+,28-,29-,30+,31-,32-,33-,34+,35+,36+,37-,38-,39-,40-,41+,42+,43+,44+,45+,46-,47+,48-,49-,50-,51-,52-,55-,56+,57-,58+/m0/s1. The van der Waals surface area contributed by atoms with Gasteiger partial charge in [-0.1, -0.05) is 60.1 Å². The van der Waals surface area contributed by atoms with Crippen LogP contribution in [0.3, 0.4) is 0 Å². The van der Waals surface area contributed by atoms with Crippen LogP contribution < -0.4 is 0 Å². The van der Waals surface area contributed by atoms with Gasteiger partial charge >= 0.3 is 0 Å². The molecule has 27 nitrogen and oxygen atoms in total. The molecule has 0 aromatic rings. The molecule has 0 aromatic carbocycles. The van der Waals surface area contributed by atoms with E-state index in [1.54, 1.807) is 0 Å². The zero-order valence-corrected chi connectivity index (χ0v) is 49.2. The van der Waals surface area contributed by atoms with Crippen LogP contribution in [0.15, 0.2) is 11.6 Å². The van der Waals surface area contributed by atoms with E-state index in [1.165, 1.54) is 5.57 Å². The number of ether oxygens (including phenoxy) is 11. The molecule has 0 bridgehead atoms. The molecule has 16 N–H and O–H groups in total. The third-order valence-electron chi connectivity index (χ3n) is 23.2. The molecule has 0 unspecified atom stereocenters. The summed E-state index contributed by atoms with van der Waals surface area (Å²) in [6.45, 7) is 12.2. The van der Waals surface area contributed by atoms with Crippen molar-refractivity contribution in [3.8, 4) is 0 Å². The van der Waals surface area contributed by atoms with Crippen molar-refractivity contribution < 1.29 is 134 Å². The van der Waals surface area contributed by atoms with E-state index in [4.69, 9.17) is 52.1 Å². The third kappa shape index (κ3) is 10.4. The molecule has 4 saturated carbocycles. The lowest BCUT2D eigenvalue weighted by Gasteiger charge is -2.71. The predicted molar refractivity (Wildman–Crippen MR) is 284 cm³/mol. The van der Waals surface area contributed by atoms with Crippen molar-refractivity contribution in [2.45, 2.75) is 259 Å². The minimum absolute atomic E-state index is 0.0448. The lowest BCUT2D eigenvalue weighted by molar-refractivity contribution is -0.392. The molecule has 85 heavy (non-hydrogen) atoms. The number of hydrogen-bond acceptors (Lipinski definition) is 27. The maximum absolute atomic E-state index is 12.4. The van der Waals surface area contributed by atoms with Crippen LogP contribution in [0.1, 0.15) is 93.4 Å². The van der Waals surface area contributed by atoms with E-state index in [-0.39, 0.29) is 46.7 Å². The highest BCUT2D eigenvalue weighted by Crippen LogP contribution is 2.79. The molecule has 5 aliphatic carbocycles. The predicted octanol–water partition coefficient (Wildman–Crippen LogP) is -4.50. The molecule has 6 heterocycles. The molecule has 488 valence electrons.